The van der Waals surface area contributed by atoms with Gasteiger partial charge in [-0.1, -0.05) is 308 Å². The second kappa shape index (κ2) is 55.7. The Hall–Kier alpha value is -1.21. The Bertz CT molecular complexity index is 1020. The second-order valence-corrected chi connectivity index (χ2v) is 21.1. The molecule has 398 valence electrons. The van der Waals surface area contributed by atoms with Gasteiger partial charge in [0, 0.05) is 0 Å². The minimum Gasteiger partial charge on any atom is -0.394 e. The third kappa shape index (κ3) is 49.6. The fourth-order valence-electron chi connectivity index (χ4n) is 9.67. The Morgan fingerprint density at radius 2 is 0.642 bits per heavy atom. The summed E-state index contributed by atoms with van der Waals surface area (Å²) >= 11 is 0. The summed E-state index contributed by atoms with van der Waals surface area (Å²) in [6, 6.07) is -0.983. The van der Waals surface area contributed by atoms with Crippen molar-refractivity contribution in [3.63, 3.8) is 0 Å². The maximum Gasteiger partial charge on any atom is 0.249 e. The molecule has 0 saturated heterocycles. The van der Waals surface area contributed by atoms with Crippen molar-refractivity contribution in [1.29, 1.82) is 0 Å². The van der Waals surface area contributed by atoms with E-state index in [1.54, 1.807) is 0 Å². The number of hydrogen-bond acceptors (Lipinski definition) is 5. The van der Waals surface area contributed by atoms with E-state index in [2.05, 4.69) is 43.5 Å². The maximum absolute atomic E-state index is 12.6. The lowest BCUT2D eigenvalue weighted by atomic mass is 9.99. The Kier molecular flexibility index (Phi) is 54.7. The molecule has 6 nitrogen and oxygen atoms in total. The Labute approximate surface area is 418 Å². The van der Waals surface area contributed by atoms with Gasteiger partial charge in [-0.05, 0) is 44.9 Å². The third-order valence-corrected chi connectivity index (χ3v) is 14.4. The molecule has 0 radical (unpaired) electrons. The summed E-state index contributed by atoms with van der Waals surface area (Å²) in [6.45, 7) is 4.08. The number of aliphatic hydroxyl groups excluding tert-OH is 4. The molecule has 0 aromatic rings. The molecule has 0 spiro atoms. The van der Waals surface area contributed by atoms with Gasteiger partial charge in [0.2, 0.25) is 5.91 Å². The largest absolute Gasteiger partial charge is 0.394 e. The Morgan fingerprint density at radius 3 is 0.940 bits per heavy atom. The van der Waals surface area contributed by atoms with Crippen molar-refractivity contribution >= 4 is 5.91 Å². The molecule has 0 aliphatic carbocycles. The van der Waals surface area contributed by atoms with Crippen LogP contribution in [0.1, 0.15) is 328 Å². The maximum atomic E-state index is 12.6. The molecule has 0 aliphatic heterocycles. The van der Waals surface area contributed by atoms with Crippen LogP contribution in [-0.4, -0.2) is 57.3 Å². The highest BCUT2D eigenvalue weighted by atomic mass is 16.3. The van der Waals surface area contributed by atoms with Crippen LogP contribution in [0.25, 0.3) is 0 Å². The molecular formula is C61H119NO5. The van der Waals surface area contributed by atoms with E-state index < -0.39 is 36.9 Å². The number of carbonyl (C=O) groups is 1. The van der Waals surface area contributed by atoms with Gasteiger partial charge in [0.25, 0.3) is 0 Å². The summed E-state index contributed by atoms with van der Waals surface area (Å²) < 4.78 is 0. The van der Waals surface area contributed by atoms with Crippen LogP contribution >= 0.6 is 0 Å². The summed E-state index contributed by atoms with van der Waals surface area (Å²) in [5.41, 5.74) is 0. The number of aliphatic hydroxyl groups is 4. The van der Waals surface area contributed by atoms with Crippen molar-refractivity contribution in [3.8, 4) is 0 Å². The van der Waals surface area contributed by atoms with Crippen molar-refractivity contribution in [2.45, 2.75) is 353 Å². The minimum atomic E-state index is -1.26. The Balaban J connectivity index is 3.54. The first-order chi connectivity index (χ1) is 33.0. The van der Waals surface area contributed by atoms with E-state index in [1.165, 1.54) is 257 Å². The summed E-state index contributed by atoms with van der Waals surface area (Å²) in [5.74, 6) is -0.579. The lowest BCUT2D eigenvalue weighted by molar-refractivity contribution is -0.132. The highest BCUT2D eigenvalue weighted by Gasteiger charge is 2.28. The molecule has 0 aliphatic rings. The van der Waals surface area contributed by atoms with E-state index in [-0.39, 0.29) is 0 Å². The van der Waals surface area contributed by atoms with Crippen molar-refractivity contribution in [1.82, 2.24) is 5.32 Å². The molecule has 4 unspecified atom stereocenters. The zero-order valence-corrected chi connectivity index (χ0v) is 45.2. The fraction of sp³-hybridized carbons (Fsp3) is 0.918. The zero-order chi connectivity index (χ0) is 48.8. The number of nitrogens with one attached hydrogen (secondary N) is 1. The van der Waals surface area contributed by atoms with Crippen molar-refractivity contribution < 1.29 is 25.2 Å². The molecule has 0 rings (SSSR count). The van der Waals surface area contributed by atoms with Crippen LogP contribution in [0, 0.1) is 0 Å². The van der Waals surface area contributed by atoms with Crippen LogP contribution in [0.4, 0.5) is 0 Å². The molecule has 0 fully saturated rings. The first-order valence-corrected chi connectivity index (χ1v) is 30.2. The fourth-order valence-corrected chi connectivity index (χ4v) is 9.67. The first-order valence-electron chi connectivity index (χ1n) is 30.2. The van der Waals surface area contributed by atoms with Crippen LogP contribution in [0.2, 0.25) is 0 Å². The van der Waals surface area contributed by atoms with Gasteiger partial charge >= 0.3 is 0 Å². The van der Waals surface area contributed by atoms with Gasteiger partial charge in [-0.2, -0.15) is 0 Å². The van der Waals surface area contributed by atoms with Crippen LogP contribution in [-0.2, 0) is 4.79 Å². The van der Waals surface area contributed by atoms with Crippen molar-refractivity contribution in [2.75, 3.05) is 6.61 Å². The molecule has 67 heavy (non-hydrogen) atoms. The number of allylic oxidation sites excluding steroid dienone is 4. The lowest BCUT2D eigenvalue weighted by Crippen LogP contribution is -2.53. The first kappa shape index (κ1) is 65.8. The van der Waals surface area contributed by atoms with Gasteiger partial charge < -0.3 is 25.7 Å². The summed E-state index contributed by atoms with van der Waals surface area (Å²) in [4.78, 5) is 12.6. The van der Waals surface area contributed by atoms with Crippen molar-refractivity contribution in [2.24, 2.45) is 0 Å². The van der Waals surface area contributed by atoms with E-state index in [0.29, 0.717) is 12.8 Å². The molecule has 0 aromatic heterocycles. The van der Waals surface area contributed by atoms with Crippen LogP contribution < -0.4 is 5.32 Å². The van der Waals surface area contributed by atoms with Gasteiger partial charge in [0.05, 0.1) is 18.8 Å². The third-order valence-electron chi connectivity index (χ3n) is 14.4. The number of carbonyl (C=O) groups excluding carboxylic acids is 1. The standard InChI is InChI=1S/C61H119NO5/c1-3-5-7-9-11-13-15-17-19-20-21-22-23-24-25-26-27-28-29-30-31-32-33-34-35-36-37-38-39-41-43-45-47-49-51-53-55-59(65)61(67)62-57(56-63)60(66)58(64)54-52-50-48-46-44-42-40-18-16-14-12-10-8-6-4-2/h25-26,28-29,57-60,63-66H,3-24,27,30-56H2,1-2H3,(H,62,67)/b26-25-,29-28-. The number of amides is 1. The van der Waals surface area contributed by atoms with Gasteiger partial charge in [-0.3, -0.25) is 4.79 Å². The monoisotopic (exact) mass is 946 g/mol. The normalized spacial score (nSPS) is 13.8. The minimum absolute atomic E-state index is 0.372. The number of unbranched alkanes of at least 4 members (excludes halogenated alkanes) is 43. The highest BCUT2D eigenvalue weighted by Crippen LogP contribution is 2.18. The molecule has 0 bridgehead atoms. The molecule has 5 N–H and O–H groups in total. The van der Waals surface area contributed by atoms with Gasteiger partial charge in [0.15, 0.2) is 0 Å². The predicted molar refractivity (Wildman–Crippen MR) is 293 cm³/mol. The van der Waals surface area contributed by atoms with Crippen LogP contribution in [0.3, 0.4) is 0 Å². The average molecular weight is 947 g/mol. The highest BCUT2D eigenvalue weighted by molar-refractivity contribution is 5.80. The van der Waals surface area contributed by atoms with E-state index in [0.717, 1.165) is 44.9 Å². The smallest absolute Gasteiger partial charge is 0.249 e. The quantitative estimate of drug-likeness (QED) is 0.0308. The zero-order valence-electron chi connectivity index (χ0n) is 45.2. The van der Waals surface area contributed by atoms with E-state index in [1.807, 2.05) is 0 Å². The van der Waals surface area contributed by atoms with Crippen LogP contribution in [0.5, 0.6) is 0 Å². The molecule has 0 saturated carbocycles. The molecule has 1 amide bonds. The summed E-state index contributed by atoms with van der Waals surface area (Å²) in [6.07, 6.45) is 68.4. The van der Waals surface area contributed by atoms with Crippen molar-refractivity contribution in [3.05, 3.63) is 24.3 Å². The van der Waals surface area contributed by atoms with E-state index in [9.17, 15) is 25.2 Å². The molecule has 0 heterocycles. The topological polar surface area (TPSA) is 110 Å². The van der Waals surface area contributed by atoms with Gasteiger partial charge in [-0.25, -0.2) is 0 Å². The second-order valence-electron chi connectivity index (χ2n) is 21.1. The van der Waals surface area contributed by atoms with Gasteiger partial charge in [0.1, 0.15) is 12.2 Å². The summed E-state index contributed by atoms with van der Waals surface area (Å²) in [7, 11) is 0. The van der Waals surface area contributed by atoms with E-state index >= 15 is 0 Å². The van der Waals surface area contributed by atoms with E-state index in [4.69, 9.17) is 0 Å². The Morgan fingerprint density at radius 1 is 0.373 bits per heavy atom. The summed E-state index contributed by atoms with van der Waals surface area (Å²) in [5, 5.41) is 44.0. The SMILES string of the molecule is CCCCCCCCCCCCCCC/C=C\C/C=C\CCCCCCCCCCCCCCCCCCC(O)C(=O)NC(CO)C(O)C(O)CCCCCCCCCCCCCCCCC. The lowest BCUT2D eigenvalue weighted by Gasteiger charge is -2.27. The van der Waals surface area contributed by atoms with Gasteiger partial charge in [-0.15, -0.1) is 0 Å². The molecule has 4 atom stereocenters. The number of hydrogen-bond donors (Lipinski definition) is 5. The number of rotatable bonds is 56. The predicted octanol–water partition coefficient (Wildman–Crippen LogP) is 17.8. The average Bonchev–Trinajstić information content (AvgIpc) is 3.33. The molecule has 6 heteroatoms. The molecular weight excluding hydrogens is 827 g/mol. The van der Waals surface area contributed by atoms with Crippen LogP contribution in [0.15, 0.2) is 24.3 Å². The molecule has 0 aromatic carbocycles.